The van der Waals surface area contributed by atoms with Gasteiger partial charge in [-0.25, -0.2) is 0 Å². The molecule has 0 amide bonds. The molecule has 2 saturated carbocycles. The minimum atomic E-state index is 0.235. The van der Waals surface area contributed by atoms with Crippen molar-refractivity contribution in [2.24, 2.45) is 5.92 Å². The first-order valence-corrected chi connectivity index (χ1v) is 13.8. The molecule has 5 heteroatoms. The predicted molar refractivity (Wildman–Crippen MR) is 144 cm³/mol. The molecule has 0 bridgehead atoms. The number of hydrogen-bond donors (Lipinski definition) is 2. The van der Waals surface area contributed by atoms with Crippen LogP contribution in [0.4, 0.5) is 11.4 Å². The molecule has 0 spiro atoms. The molecule has 1 saturated heterocycles. The molecule has 2 heterocycles. The van der Waals surface area contributed by atoms with Crippen LogP contribution < -0.4 is 15.8 Å². The maximum Gasteiger partial charge on any atom is 0.121 e. The molecule has 5 nitrogen and oxygen atoms in total. The van der Waals surface area contributed by atoms with Gasteiger partial charge in [-0.05, 0) is 62.3 Å². The molecule has 3 fully saturated rings. The summed E-state index contributed by atoms with van der Waals surface area (Å²) in [5, 5.41) is 4.81. The molecule has 6 rings (SSSR count). The Morgan fingerprint density at radius 1 is 0.886 bits per heavy atom. The molecule has 0 atom stereocenters. The van der Waals surface area contributed by atoms with E-state index in [0.29, 0.717) is 6.04 Å². The van der Waals surface area contributed by atoms with Gasteiger partial charge in [0.15, 0.2) is 0 Å². The summed E-state index contributed by atoms with van der Waals surface area (Å²) >= 11 is 0. The number of rotatable bonds is 7. The third kappa shape index (κ3) is 4.75. The minimum absolute atomic E-state index is 0.235. The molecule has 3 aliphatic rings. The number of ether oxygens (including phenoxy) is 2. The Morgan fingerprint density at radius 3 is 2.37 bits per heavy atom. The normalized spacial score (nSPS) is 20.1. The standard InChI is InChI=1S/C30H39N3O2/c31-29-27-14-13-26(35-25-15-17-34-18-16-25)19-28(27)33(24-7-4-8-24)30(29)22-9-11-23(12-10-22)32-20-21-5-2-1-3-6-21/h9-14,19,21,24-25,32H,1-8,15-18,20,31H2. The Morgan fingerprint density at radius 2 is 1.66 bits per heavy atom. The van der Waals surface area contributed by atoms with Gasteiger partial charge in [0.05, 0.1) is 30.1 Å². The molecule has 186 valence electrons. The quantitative estimate of drug-likeness (QED) is 0.382. The van der Waals surface area contributed by atoms with Crippen molar-refractivity contribution in [1.29, 1.82) is 0 Å². The van der Waals surface area contributed by atoms with Crippen LogP contribution in [0.15, 0.2) is 42.5 Å². The average Bonchev–Trinajstić information content (AvgIpc) is 3.14. The van der Waals surface area contributed by atoms with Gasteiger partial charge in [0.2, 0.25) is 0 Å². The number of anilines is 2. The molecule has 2 aliphatic carbocycles. The Hall–Kier alpha value is -2.66. The number of nitrogens with one attached hydrogen (secondary N) is 1. The zero-order chi connectivity index (χ0) is 23.6. The Bertz CT molecular complexity index is 1140. The van der Waals surface area contributed by atoms with Crippen molar-refractivity contribution >= 4 is 22.3 Å². The third-order valence-electron chi connectivity index (χ3n) is 8.40. The summed E-state index contributed by atoms with van der Waals surface area (Å²) in [5.41, 5.74) is 12.5. The largest absolute Gasteiger partial charge is 0.490 e. The highest BCUT2D eigenvalue weighted by Gasteiger charge is 2.27. The van der Waals surface area contributed by atoms with E-state index in [-0.39, 0.29) is 6.10 Å². The van der Waals surface area contributed by atoms with E-state index < -0.39 is 0 Å². The second-order valence-corrected chi connectivity index (χ2v) is 10.8. The van der Waals surface area contributed by atoms with Gasteiger partial charge in [-0.15, -0.1) is 0 Å². The van der Waals surface area contributed by atoms with E-state index in [1.165, 1.54) is 68.1 Å². The molecule has 3 N–H and O–H groups in total. The molecule has 0 unspecified atom stereocenters. The first-order chi connectivity index (χ1) is 17.3. The van der Waals surface area contributed by atoms with E-state index in [4.69, 9.17) is 15.2 Å². The summed E-state index contributed by atoms with van der Waals surface area (Å²) in [7, 11) is 0. The van der Waals surface area contributed by atoms with Crippen LogP contribution in [0.2, 0.25) is 0 Å². The van der Waals surface area contributed by atoms with Gasteiger partial charge < -0.3 is 25.1 Å². The third-order valence-corrected chi connectivity index (χ3v) is 8.40. The lowest BCUT2D eigenvalue weighted by Crippen LogP contribution is -2.25. The van der Waals surface area contributed by atoms with E-state index in [2.05, 4.69) is 52.3 Å². The fourth-order valence-corrected chi connectivity index (χ4v) is 6.09. The van der Waals surface area contributed by atoms with Crippen LogP contribution in [0.1, 0.15) is 70.3 Å². The number of fused-ring (bicyclic) bond motifs is 1. The molecular weight excluding hydrogens is 434 g/mol. The fraction of sp³-hybridized carbons (Fsp3) is 0.533. The van der Waals surface area contributed by atoms with Crippen LogP contribution in [0.5, 0.6) is 5.75 Å². The number of nitrogens with zero attached hydrogens (tertiary/aromatic N) is 1. The van der Waals surface area contributed by atoms with E-state index in [0.717, 1.165) is 61.0 Å². The van der Waals surface area contributed by atoms with Gasteiger partial charge in [-0.2, -0.15) is 0 Å². The summed E-state index contributed by atoms with van der Waals surface area (Å²) in [6, 6.07) is 15.9. The number of hydrogen-bond acceptors (Lipinski definition) is 4. The van der Waals surface area contributed by atoms with Crippen molar-refractivity contribution in [2.75, 3.05) is 30.8 Å². The monoisotopic (exact) mass is 473 g/mol. The van der Waals surface area contributed by atoms with Crippen molar-refractivity contribution in [2.45, 2.75) is 76.4 Å². The highest BCUT2D eigenvalue weighted by atomic mass is 16.5. The predicted octanol–water partition coefficient (Wildman–Crippen LogP) is 7.17. The van der Waals surface area contributed by atoms with Crippen molar-refractivity contribution in [3.05, 3.63) is 42.5 Å². The smallest absolute Gasteiger partial charge is 0.121 e. The topological polar surface area (TPSA) is 61.4 Å². The van der Waals surface area contributed by atoms with Crippen LogP contribution in [-0.4, -0.2) is 30.4 Å². The molecular formula is C30H39N3O2. The van der Waals surface area contributed by atoms with E-state index in [1.54, 1.807) is 0 Å². The van der Waals surface area contributed by atoms with Crippen LogP contribution in [-0.2, 0) is 4.74 Å². The first kappa shape index (κ1) is 22.8. The fourth-order valence-electron chi connectivity index (χ4n) is 6.09. The van der Waals surface area contributed by atoms with Gasteiger partial charge in [-0.3, -0.25) is 0 Å². The Balaban J connectivity index is 1.28. The van der Waals surface area contributed by atoms with Crippen molar-refractivity contribution in [1.82, 2.24) is 4.57 Å². The van der Waals surface area contributed by atoms with E-state index in [1.807, 2.05) is 0 Å². The van der Waals surface area contributed by atoms with Crippen LogP contribution >= 0.6 is 0 Å². The maximum atomic E-state index is 6.82. The summed E-state index contributed by atoms with van der Waals surface area (Å²) in [6.07, 6.45) is 12.8. The summed E-state index contributed by atoms with van der Waals surface area (Å²) in [5.74, 6) is 1.76. The van der Waals surface area contributed by atoms with Gasteiger partial charge in [0.1, 0.15) is 11.9 Å². The highest BCUT2D eigenvalue weighted by Crippen LogP contribution is 2.45. The van der Waals surface area contributed by atoms with Crippen LogP contribution in [0, 0.1) is 5.92 Å². The molecule has 1 aliphatic heterocycles. The molecule has 2 aromatic carbocycles. The van der Waals surface area contributed by atoms with E-state index in [9.17, 15) is 0 Å². The van der Waals surface area contributed by atoms with Gasteiger partial charge in [-0.1, -0.05) is 31.4 Å². The van der Waals surface area contributed by atoms with E-state index >= 15 is 0 Å². The van der Waals surface area contributed by atoms with Gasteiger partial charge >= 0.3 is 0 Å². The lowest BCUT2D eigenvalue weighted by Gasteiger charge is -2.30. The van der Waals surface area contributed by atoms with Crippen LogP contribution in [0.3, 0.4) is 0 Å². The summed E-state index contributed by atoms with van der Waals surface area (Å²) < 4.78 is 14.3. The zero-order valence-corrected chi connectivity index (χ0v) is 20.8. The van der Waals surface area contributed by atoms with Crippen LogP contribution in [0.25, 0.3) is 22.2 Å². The SMILES string of the molecule is Nc1c(-c2ccc(NCC3CCCCC3)cc2)n(C2CCC2)c2cc(OC3CCOCC3)ccc12. The Kier molecular flexibility index (Phi) is 6.60. The second-order valence-electron chi connectivity index (χ2n) is 10.8. The lowest BCUT2D eigenvalue weighted by molar-refractivity contribution is 0.0256. The molecule has 3 aromatic rings. The molecule has 35 heavy (non-hydrogen) atoms. The number of aromatic nitrogens is 1. The minimum Gasteiger partial charge on any atom is -0.490 e. The van der Waals surface area contributed by atoms with Crippen molar-refractivity contribution in [3.63, 3.8) is 0 Å². The lowest BCUT2D eigenvalue weighted by atomic mass is 9.89. The van der Waals surface area contributed by atoms with Gasteiger partial charge in [0, 0.05) is 48.1 Å². The number of nitrogens with two attached hydrogens (primary N) is 1. The Labute approximate surface area is 209 Å². The molecule has 0 radical (unpaired) electrons. The highest BCUT2D eigenvalue weighted by molar-refractivity contribution is 6.01. The maximum absolute atomic E-state index is 6.82. The van der Waals surface area contributed by atoms with Gasteiger partial charge in [0.25, 0.3) is 0 Å². The number of benzene rings is 2. The molecule has 1 aromatic heterocycles. The van der Waals surface area contributed by atoms with Crippen molar-refractivity contribution < 1.29 is 9.47 Å². The van der Waals surface area contributed by atoms with Crippen molar-refractivity contribution in [3.8, 4) is 17.0 Å². The summed E-state index contributed by atoms with van der Waals surface area (Å²) in [4.78, 5) is 0. The second kappa shape index (κ2) is 10.1. The number of nitrogen functional groups attached to an aromatic ring is 1. The average molecular weight is 474 g/mol. The zero-order valence-electron chi connectivity index (χ0n) is 20.8. The first-order valence-electron chi connectivity index (χ1n) is 13.8. The summed E-state index contributed by atoms with van der Waals surface area (Å²) in [6.45, 7) is 2.65.